The van der Waals surface area contributed by atoms with Crippen molar-refractivity contribution in [3.05, 3.63) is 78.1 Å². The number of hydrogen-bond donors (Lipinski definition) is 0. The maximum atomic E-state index is 12.0. The molecule has 0 aliphatic rings. The van der Waals surface area contributed by atoms with Crippen LogP contribution in [0.1, 0.15) is 19.5 Å². The Morgan fingerprint density at radius 3 is 2.27 bits per heavy atom. The zero-order valence-electron chi connectivity index (χ0n) is 16.7. The molecule has 2 heterocycles. The van der Waals surface area contributed by atoms with Gasteiger partial charge in [-0.25, -0.2) is 9.78 Å². The number of aromatic nitrogens is 2. The van der Waals surface area contributed by atoms with Crippen LogP contribution in [0.3, 0.4) is 0 Å². The number of carbonyl (C=O) groups is 1. The zero-order valence-corrected chi connectivity index (χ0v) is 19.0. The molecule has 0 atom stereocenters. The fraction of sp³-hybridized carbons (Fsp3) is 0.227. The molecule has 2 N–H and O–H groups in total. The third kappa shape index (κ3) is 7.48. The van der Waals surface area contributed by atoms with E-state index >= 15 is 0 Å². The molecule has 0 spiro atoms. The number of pyridine rings is 2. The average molecular weight is 592 g/mol. The molecule has 7 nitrogen and oxygen atoms in total. The second kappa shape index (κ2) is 13.3. The molecule has 160 valence electrons. The van der Waals surface area contributed by atoms with E-state index in [2.05, 4.69) is 9.97 Å². The first-order chi connectivity index (χ1) is 14.1. The molecule has 30 heavy (non-hydrogen) atoms. The van der Waals surface area contributed by atoms with Crippen LogP contribution in [0.5, 0.6) is 5.75 Å². The maximum absolute atomic E-state index is 12.0. The monoisotopic (exact) mass is 591 g/mol. The van der Waals surface area contributed by atoms with E-state index in [0.717, 1.165) is 5.39 Å². The summed E-state index contributed by atoms with van der Waals surface area (Å²) in [5.41, 5.74) is 0.938. The molecule has 8 heteroatoms. The maximum Gasteiger partial charge on any atom is 2.00 e. The summed E-state index contributed by atoms with van der Waals surface area (Å²) in [4.78, 5) is 20.1. The predicted octanol–water partition coefficient (Wildman–Crippen LogP) is 2.47. The van der Waals surface area contributed by atoms with Crippen LogP contribution in [-0.2, 0) is 41.8 Å². The molecule has 0 radical (unpaired) electrons. The van der Waals surface area contributed by atoms with Crippen molar-refractivity contribution in [1.29, 1.82) is 0 Å². The van der Waals surface area contributed by atoms with Gasteiger partial charge in [-0.15, -0.1) is 0 Å². The van der Waals surface area contributed by atoms with Gasteiger partial charge in [0.05, 0.1) is 18.1 Å². The van der Waals surface area contributed by atoms with Crippen molar-refractivity contribution in [1.82, 2.24) is 9.97 Å². The third-order valence-electron chi connectivity index (χ3n) is 3.75. The van der Waals surface area contributed by atoms with Crippen LogP contribution in [-0.4, -0.2) is 34.3 Å². The Bertz CT molecular complexity index is 937. The average Bonchev–Trinajstić information content (AvgIpc) is 2.74. The first-order valence-corrected chi connectivity index (χ1v) is 9.22. The van der Waals surface area contributed by atoms with Crippen LogP contribution in [0.4, 0.5) is 0 Å². The number of esters is 1. The molecule has 0 fully saturated rings. The molecule has 2 aromatic heterocycles. The summed E-state index contributed by atoms with van der Waals surface area (Å²) in [6.45, 7) is 3.68. The number of ether oxygens (including phenoxy) is 2. The minimum Gasteiger partial charge on any atom is -0.613 e. The molecule has 1 aromatic carbocycles. The van der Waals surface area contributed by atoms with Crippen LogP contribution in [0.15, 0.2) is 72.4 Å². The van der Waals surface area contributed by atoms with Gasteiger partial charge in [-0.3, -0.25) is 4.98 Å². The van der Waals surface area contributed by atoms with Gasteiger partial charge in [0.1, 0.15) is 0 Å². The fourth-order valence-corrected chi connectivity index (χ4v) is 2.44. The smallest absolute Gasteiger partial charge is 0.613 e. The fourth-order valence-electron chi connectivity index (χ4n) is 2.44. The molecular weight excluding hydrogens is 567 g/mol. The summed E-state index contributed by atoms with van der Waals surface area (Å²) in [6, 6.07) is 14.5. The Labute approximate surface area is 189 Å². The number of carbonyl (C=O) groups excluding carboxylic acids is 1. The summed E-state index contributed by atoms with van der Waals surface area (Å²) in [7, 11) is 0. The minimum absolute atomic E-state index is 0. The van der Waals surface area contributed by atoms with Gasteiger partial charge >= 0.3 is 27.0 Å². The molecule has 0 amide bonds. The molecule has 3 aromatic rings. The third-order valence-corrected chi connectivity index (χ3v) is 3.75. The van der Waals surface area contributed by atoms with E-state index in [1.807, 2.05) is 30.3 Å². The van der Waals surface area contributed by atoms with Crippen molar-refractivity contribution < 1.29 is 45.5 Å². The largest absolute Gasteiger partial charge is 2.00 e. The topological polar surface area (TPSA) is 107 Å². The van der Waals surface area contributed by atoms with Crippen LogP contribution in [0.25, 0.3) is 10.9 Å². The SMILES string of the molecule is CCOC(=O)C(Cc1ccc2cccc([OH2+])c2n1)=C([O-])OCC.[Pt+2].c1ccncc1. The van der Waals surface area contributed by atoms with Crippen molar-refractivity contribution >= 4 is 16.9 Å². The van der Waals surface area contributed by atoms with Gasteiger partial charge in [0.2, 0.25) is 0 Å². The van der Waals surface area contributed by atoms with Gasteiger partial charge < -0.3 is 19.7 Å². The standard InChI is InChI=1S/C17H19NO5.C5H5N.Pt/c1-3-22-16(20)13(17(21)23-4-2)10-12-9-8-11-6-5-7-14(19)15(11)18-12;1-2-4-6-5-3-1;/h5-9,19-20H,3-4,10H2,1-2H3;1-5H;/q;;+2. The van der Waals surface area contributed by atoms with Crippen molar-refractivity contribution in [2.45, 2.75) is 20.3 Å². The second-order valence-corrected chi connectivity index (χ2v) is 5.80. The summed E-state index contributed by atoms with van der Waals surface area (Å²) in [5.74, 6) is -1.11. The quantitative estimate of drug-likeness (QED) is 0.189. The summed E-state index contributed by atoms with van der Waals surface area (Å²) >= 11 is 0. The van der Waals surface area contributed by atoms with Crippen molar-refractivity contribution in [3.8, 4) is 5.75 Å². The first-order valence-electron chi connectivity index (χ1n) is 9.22. The van der Waals surface area contributed by atoms with E-state index in [-0.39, 0.29) is 52.0 Å². The van der Waals surface area contributed by atoms with E-state index in [4.69, 9.17) is 14.6 Å². The molecule has 3 rings (SSSR count). The predicted molar refractivity (Wildman–Crippen MR) is 108 cm³/mol. The summed E-state index contributed by atoms with van der Waals surface area (Å²) in [5, 5.41) is 20.7. The Morgan fingerprint density at radius 1 is 1.00 bits per heavy atom. The molecule has 0 unspecified atom stereocenters. The first kappa shape index (κ1) is 25.1. The zero-order chi connectivity index (χ0) is 21.1. The molecule has 0 aliphatic carbocycles. The number of rotatable bonds is 6. The second-order valence-electron chi connectivity index (χ2n) is 5.80. The Morgan fingerprint density at radius 2 is 1.70 bits per heavy atom. The van der Waals surface area contributed by atoms with Crippen LogP contribution >= 0.6 is 0 Å². The summed E-state index contributed by atoms with van der Waals surface area (Å²) < 4.78 is 9.83. The van der Waals surface area contributed by atoms with Gasteiger partial charge in [0, 0.05) is 36.0 Å². The van der Waals surface area contributed by atoms with Crippen molar-refractivity contribution in [3.63, 3.8) is 0 Å². The van der Waals surface area contributed by atoms with Crippen molar-refractivity contribution in [2.24, 2.45) is 0 Å². The Balaban J connectivity index is 0.000000552. The van der Waals surface area contributed by atoms with E-state index in [9.17, 15) is 9.90 Å². The van der Waals surface area contributed by atoms with Crippen molar-refractivity contribution in [2.75, 3.05) is 13.2 Å². The minimum atomic E-state index is -0.702. The van der Waals surface area contributed by atoms with E-state index < -0.39 is 11.9 Å². The normalized spacial score (nSPS) is 10.7. The number of nitrogens with zero attached hydrogens (tertiary/aromatic N) is 2. The van der Waals surface area contributed by atoms with Crippen LogP contribution < -0.4 is 5.11 Å². The number of benzene rings is 1. The van der Waals surface area contributed by atoms with E-state index in [1.165, 1.54) is 0 Å². The molecule has 0 saturated carbocycles. The van der Waals surface area contributed by atoms with Gasteiger partial charge in [0.25, 0.3) is 5.75 Å². The summed E-state index contributed by atoms with van der Waals surface area (Å²) in [6.07, 6.45) is 3.50. The Kier molecular flexibility index (Phi) is 11.2. The Hall–Kier alpha value is -2.92. The number of hydrogen-bond acceptors (Lipinski definition) is 6. The van der Waals surface area contributed by atoms with E-state index in [0.29, 0.717) is 11.2 Å². The van der Waals surface area contributed by atoms with E-state index in [1.54, 1.807) is 44.4 Å². The van der Waals surface area contributed by atoms with Gasteiger partial charge in [-0.2, -0.15) is 0 Å². The number of fused-ring (bicyclic) bond motifs is 1. The molecule has 0 aliphatic heterocycles. The van der Waals surface area contributed by atoms with Gasteiger partial charge in [-0.1, -0.05) is 31.2 Å². The van der Waals surface area contributed by atoms with Crippen LogP contribution in [0.2, 0.25) is 0 Å². The van der Waals surface area contributed by atoms with Gasteiger partial charge in [-0.05, 0) is 31.7 Å². The molecule has 0 saturated heterocycles. The molecular formula is C22H24N2O5Pt+2. The number of para-hydroxylation sites is 1. The molecule has 0 bridgehead atoms. The van der Waals surface area contributed by atoms with Crippen LogP contribution in [0, 0.1) is 0 Å². The van der Waals surface area contributed by atoms with Gasteiger partial charge in [0.15, 0.2) is 5.52 Å².